The van der Waals surface area contributed by atoms with Crippen molar-refractivity contribution in [2.45, 2.75) is 17.7 Å². The average Bonchev–Trinajstić information content (AvgIpc) is 2.40. The van der Waals surface area contributed by atoms with Gasteiger partial charge in [0.2, 0.25) is 0 Å². The maximum atomic E-state index is 5.96. The van der Waals surface area contributed by atoms with Crippen LogP contribution in [-0.4, -0.2) is 5.75 Å². The molecule has 0 bridgehead atoms. The van der Waals surface area contributed by atoms with Gasteiger partial charge in [-0.1, -0.05) is 23.7 Å². The summed E-state index contributed by atoms with van der Waals surface area (Å²) < 4.78 is 0. The predicted octanol–water partition coefficient (Wildman–Crippen LogP) is 4.23. The Labute approximate surface area is 123 Å². The molecule has 2 aromatic carbocycles. The third-order valence-electron chi connectivity index (χ3n) is 2.82. The van der Waals surface area contributed by atoms with Crippen LogP contribution in [-0.2, 0) is 6.42 Å². The Morgan fingerprint density at radius 2 is 1.74 bits per heavy atom. The fourth-order valence-corrected chi connectivity index (χ4v) is 2.97. The van der Waals surface area contributed by atoms with E-state index < -0.39 is 0 Å². The Balaban J connectivity index is 1.80. The largest absolute Gasteiger partial charge is 0.399 e. The minimum absolute atomic E-state index is 0.732. The Morgan fingerprint density at radius 3 is 2.47 bits per heavy atom. The fraction of sp³-hybridized carbons (Fsp3) is 0.200. The van der Waals surface area contributed by atoms with Crippen molar-refractivity contribution in [3.05, 3.63) is 53.1 Å². The highest BCUT2D eigenvalue weighted by Crippen LogP contribution is 2.28. The maximum Gasteiger partial charge on any atom is 0.0453 e. The SMILES string of the molecule is Nc1ccc(CCCSc2cc(Cl)ccc2N)cc1. The number of hydrogen-bond acceptors (Lipinski definition) is 3. The molecule has 4 N–H and O–H groups in total. The van der Waals surface area contributed by atoms with Crippen LogP contribution in [0.2, 0.25) is 5.02 Å². The highest BCUT2D eigenvalue weighted by molar-refractivity contribution is 7.99. The molecule has 0 atom stereocenters. The first-order chi connectivity index (χ1) is 9.15. The molecule has 0 aliphatic rings. The summed E-state index contributed by atoms with van der Waals surface area (Å²) in [5.74, 6) is 1.02. The topological polar surface area (TPSA) is 52.0 Å². The standard InChI is InChI=1S/C15H17ClN2S/c16-12-5-8-14(18)15(10-12)19-9-1-2-11-3-6-13(17)7-4-11/h3-8,10H,1-2,9,17-18H2. The molecule has 0 aromatic heterocycles. The molecule has 19 heavy (non-hydrogen) atoms. The second-order valence-electron chi connectivity index (χ2n) is 4.38. The number of benzene rings is 2. The number of nitrogen functional groups attached to an aromatic ring is 2. The zero-order valence-electron chi connectivity index (χ0n) is 10.6. The predicted molar refractivity (Wildman–Crippen MR) is 85.8 cm³/mol. The van der Waals surface area contributed by atoms with Gasteiger partial charge in [0.15, 0.2) is 0 Å². The normalized spacial score (nSPS) is 10.6. The number of rotatable bonds is 5. The summed E-state index contributed by atoms with van der Waals surface area (Å²) in [5, 5.41) is 0.732. The number of hydrogen-bond donors (Lipinski definition) is 2. The van der Waals surface area contributed by atoms with E-state index in [-0.39, 0.29) is 0 Å². The Bertz CT molecular complexity index is 540. The highest BCUT2D eigenvalue weighted by Gasteiger charge is 2.01. The molecule has 0 saturated carbocycles. The van der Waals surface area contributed by atoms with Crippen molar-refractivity contribution in [2.75, 3.05) is 17.2 Å². The second-order valence-corrected chi connectivity index (χ2v) is 5.95. The molecule has 2 aromatic rings. The zero-order valence-corrected chi connectivity index (χ0v) is 12.2. The molecule has 0 amide bonds. The van der Waals surface area contributed by atoms with Crippen molar-refractivity contribution in [2.24, 2.45) is 0 Å². The number of thioether (sulfide) groups is 1. The van der Waals surface area contributed by atoms with Crippen LogP contribution in [0.5, 0.6) is 0 Å². The molecule has 100 valence electrons. The van der Waals surface area contributed by atoms with Crippen LogP contribution in [0.3, 0.4) is 0 Å². The van der Waals surface area contributed by atoms with Gasteiger partial charge >= 0.3 is 0 Å². The van der Waals surface area contributed by atoms with Crippen molar-refractivity contribution in [1.29, 1.82) is 0 Å². The van der Waals surface area contributed by atoms with Gasteiger partial charge in [-0.15, -0.1) is 11.8 Å². The Kier molecular flexibility index (Phi) is 5.00. The molecule has 0 fully saturated rings. The minimum Gasteiger partial charge on any atom is -0.399 e. The lowest BCUT2D eigenvalue weighted by atomic mass is 10.1. The number of nitrogens with two attached hydrogens (primary N) is 2. The molecule has 0 unspecified atom stereocenters. The van der Waals surface area contributed by atoms with Crippen molar-refractivity contribution >= 4 is 34.7 Å². The van der Waals surface area contributed by atoms with E-state index in [4.69, 9.17) is 23.1 Å². The molecule has 0 radical (unpaired) electrons. The minimum atomic E-state index is 0.732. The van der Waals surface area contributed by atoms with Crippen LogP contribution in [0, 0.1) is 0 Å². The molecule has 2 rings (SSSR count). The van der Waals surface area contributed by atoms with Crippen LogP contribution in [0.15, 0.2) is 47.4 Å². The van der Waals surface area contributed by atoms with Gasteiger partial charge in [0.1, 0.15) is 0 Å². The van der Waals surface area contributed by atoms with E-state index in [0.29, 0.717) is 0 Å². The fourth-order valence-electron chi connectivity index (χ4n) is 1.78. The van der Waals surface area contributed by atoms with Crippen molar-refractivity contribution < 1.29 is 0 Å². The van der Waals surface area contributed by atoms with Gasteiger partial charge in [-0.05, 0) is 54.5 Å². The molecule has 2 nitrogen and oxygen atoms in total. The van der Waals surface area contributed by atoms with Crippen molar-refractivity contribution in [1.82, 2.24) is 0 Å². The first kappa shape index (κ1) is 14.1. The maximum absolute atomic E-state index is 5.96. The van der Waals surface area contributed by atoms with Crippen molar-refractivity contribution in [3.63, 3.8) is 0 Å². The molecule has 0 heterocycles. The van der Waals surface area contributed by atoms with Gasteiger partial charge in [-0.3, -0.25) is 0 Å². The third kappa shape index (κ3) is 4.37. The molecule has 0 aliphatic carbocycles. The summed E-state index contributed by atoms with van der Waals surface area (Å²) in [6, 6.07) is 13.6. The van der Waals surface area contributed by atoms with E-state index in [1.54, 1.807) is 11.8 Å². The summed E-state index contributed by atoms with van der Waals surface area (Å²) >= 11 is 7.71. The van der Waals surface area contributed by atoms with Crippen LogP contribution in [0.1, 0.15) is 12.0 Å². The van der Waals surface area contributed by atoms with Crippen LogP contribution in [0.4, 0.5) is 11.4 Å². The lowest BCUT2D eigenvalue weighted by molar-refractivity contribution is 0.933. The van der Waals surface area contributed by atoms with Gasteiger partial charge < -0.3 is 11.5 Å². The lowest BCUT2D eigenvalue weighted by Crippen LogP contribution is -1.92. The van der Waals surface area contributed by atoms with Gasteiger partial charge in [0.05, 0.1) is 0 Å². The highest BCUT2D eigenvalue weighted by atomic mass is 35.5. The van der Waals surface area contributed by atoms with E-state index in [0.717, 1.165) is 39.9 Å². The summed E-state index contributed by atoms with van der Waals surface area (Å²) in [6.07, 6.45) is 2.15. The lowest BCUT2D eigenvalue weighted by Gasteiger charge is -2.06. The van der Waals surface area contributed by atoms with E-state index in [1.807, 2.05) is 30.3 Å². The number of anilines is 2. The number of halogens is 1. The van der Waals surface area contributed by atoms with E-state index >= 15 is 0 Å². The second kappa shape index (κ2) is 6.73. The first-order valence-corrected chi connectivity index (χ1v) is 7.54. The molecular weight excluding hydrogens is 276 g/mol. The van der Waals surface area contributed by atoms with Crippen LogP contribution < -0.4 is 11.5 Å². The van der Waals surface area contributed by atoms with Gasteiger partial charge in [0.25, 0.3) is 0 Å². The molecular formula is C15H17ClN2S. The van der Waals surface area contributed by atoms with Gasteiger partial charge in [0, 0.05) is 21.3 Å². The number of aryl methyl sites for hydroxylation is 1. The molecule has 4 heteroatoms. The summed E-state index contributed by atoms with van der Waals surface area (Å²) in [6.45, 7) is 0. The monoisotopic (exact) mass is 292 g/mol. The smallest absolute Gasteiger partial charge is 0.0453 e. The van der Waals surface area contributed by atoms with Crippen molar-refractivity contribution in [3.8, 4) is 0 Å². The van der Waals surface area contributed by atoms with Crippen LogP contribution in [0.25, 0.3) is 0 Å². The Hall–Kier alpha value is -1.32. The first-order valence-electron chi connectivity index (χ1n) is 6.17. The zero-order chi connectivity index (χ0) is 13.7. The van der Waals surface area contributed by atoms with E-state index in [2.05, 4.69) is 12.1 Å². The molecule has 0 spiro atoms. The Morgan fingerprint density at radius 1 is 1.00 bits per heavy atom. The van der Waals surface area contributed by atoms with Crippen LogP contribution >= 0.6 is 23.4 Å². The van der Waals surface area contributed by atoms with E-state index in [9.17, 15) is 0 Å². The summed E-state index contributed by atoms with van der Waals surface area (Å²) in [7, 11) is 0. The summed E-state index contributed by atoms with van der Waals surface area (Å²) in [5.41, 5.74) is 14.5. The molecule has 0 aliphatic heterocycles. The van der Waals surface area contributed by atoms with Gasteiger partial charge in [-0.25, -0.2) is 0 Å². The van der Waals surface area contributed by atoms with Gasteiger partial charge in [-0.2, -0.15) is 0 Å². The third-order valence-corrected chi connectivity index (χ3v) is 4.22. The molecule has 0 saturated heterocycles. The summed E-state index contributed by atoms with van der Waals surface area (Å²) in [4.78, 5) is 1.06. The van der Waals surface area contributed by atoms with E-state index in [1.165, 1.54) is 5.56 Å². The average molecular weight is 293 g/mol. The quantitative estimate of drug-likeness (QED) is 0.492.